The number of nitrogens with two attached hydrogens (primary N) is 1. The fraction of sp³-hybridized carbons (Fsp3) is 0.929. The van der Waals surface area contributed by atoms with Gasteiger partial charge in [-0.05, 0) is 38.0 Å². The van der Waals surface area contributed by atoms with E-state index in [1.165, 1.54) is 32.1 Å². The molecule has 1 heterocycles. The van der Waals surface area contributed by atoms with Gasteiger partial charge in [0.25, 0.3) is 0 Å². The van der Waals surface area contributed by atoms with Crippen molar-refractivity contribution in [3.8, 4) is 0 Å². The molecule has 0 bridgehead atoms. The first-order valence-corrected chi connectivity index (χ1v) is 7.14. The topological polar surface area (TPSA) is 46.3 Å². The van der Waals surface area contributed by atoms with Gasteiger partial charge in [-0.25, -0.2) is 0 Å². The predicted molar refractivity (Wildman–Crippen MR) is 69.5 cm³/mol. The van der Waals surface area contributed by atoms with Crippen LogP contribution in [0.1, 0.15) is 52.4 Å². The van der Waals surface area contributed by atoms with Crippen molar-refractivity contribution in [2.24, 2.45) is 17.6 Å². The third kappa shape index (κ3) is 2.82. The van der Waals surface area contributed by atoms with Crippen molar-refractivity contribution in [2.75, 3.05) is 6.54 Å². The molecule has 1 saturated heterocycles. The molecule has 3 heteroatoms. The highest BCUT2D eigenvalue weighted by molar-refractivity contribution is 5.77. The van der Waals surface area contributed by atoms with E-state index in [0.717, 1.165) is 18.4 Å². The molecular weight excluding hydrogens is 212 g/mol. The van der Waals surface area contributed by atoms with E-state index >= 15 is 0 Å². The molecular formula is C14H26N2O. The van der Waals surface area contributed by atoms with E-state index in [9.17, 15) is 4.79 Å². The van der Waals surface area contributed by atoms with Gasteiger partial charge in [0.15, 0.2) is 0 Å². The van der Waals surface area contributed by atoms with Gasteiger partial charge in [-0.3, -0.25) is 4.79 Å². The van der Waals surface area contributed by atoms with Gasteiger partial charge >= 0.3 is 0 Å². The number of carbonyl (C=O) groups is 1. The predicted octanol–water partition coefficient (Wildman–Crippen LogP) is 2.15. The maximum absolute atomic E-state index is 12.2. The van der Waals surface area contributed by atoms with Crippen molar-refractivity contribution in [3.05, 3.63) is 0 Å². The lowest BCUT2D eigenvalue weighted by atomic mass is 9.72. The summed E-state index contributed by atoms with van der Waals surface area (Å²) in [6.45, 7) is 5.23. The van der Waals surface area contributed by atoms with Gasteiger partial charge in [0, 0.05) is 25.0 Å². The molecule has 4 unspecified atom stereocenters. The number of amides is 1. The molecule has 3 nitrogen and oxygen atoms in total. The second kappa shape index (κ2) is 5.38. The van der Waals surface area contributed by atoms with Crippen LogP contribution in [-0.2, 0) is 4.79 Å². The van der Waals surface area contributed by atoms with Crippen molar-refractivity contribution in [2.45, 2.75) is 64.5 Å². The first-order chi connectivity index (χ1) is 8.09. The first kappa shape index (κ1) is 12.9. The van der Waals surface area contributed by atoms with Crippen LogP contribution in [0.3, 0.4) is 0 Å². The summed E-state index contributed by atoms with van der Waals surface area (Å²) in [4.78, 5) is 14.4. The summed E-state index contributed by atoms with van der Waals surface area (Å²) in [5, 5.41) is 0. The van der Waals surface area contributed by atoms with E-state index in [2.05, 4.69) is 11.8 Å². The largest absolute Gasteiger partial charge is 0.339 e. The zero-order chi connectivity index (χ0) is 12.4. The first-order valence-electron chi connectivity index (χ1n) is 7.14. The van der Waals surface area contributed by atoms with Gasteiger partial charge in [-0.2, -0.15) is 0 Å². The highest BCUT2D eigenvalue weighted by atomic mass is 16.2. The summed E-state index contributed by atoms with van der Waals surface area (Å²) in [6, 6.07) is 0.502. The maximum Gasteiger partial charge on any atom is 0.224 e. The molecule has 0 radical (unpaired) electrons. The van der Waals surface area contributed by atoms with Crippen LogP contribution in [0.5, 0.6) is 0 Å². The van der Waals surface area contributed by atoms with E-state index in [4.69, 9.17) is 5.73 Å². The third-order valence-corrected chi connectivity index (χ3v) is 4.56. The number of carbonyl (C=O) groups excluding carboxylic acids is 1. The SMILES string of the molecule is CC(N)CC(=O)N1CCC(C)C2CCCCC21. The van der Waals surface area contributed by atoms with E-state index < -0.39 is 0 Å². The van der Waals surface area contributed by atoms with Crippen LogP contribution in [0.15, 0.2) is 0 Å². The normalized spacial score (nSPS) is 35.2. The molecule has 1 aliphatic carbocycles. The van der Waals surface area contributed by atoms with Crippen LogP contribution in [0.25, 0.3) is 0 Å². The number of fused-ring (bicyclic) bond motifs is 1. The molecule has 98 valence electrons. The molecule has 2 rings (SSSR count). The quantitative estimate of drug-likeness (QED) is 0.801. The average molecular weight is 238 g/mol. The highest BCUT2D eigenvalue weighted by Crippen LogP contribution is 2.38. The zero-order valence-electron chi connectivity index (χ0n) is 11.2. The molecule has 0 aromatic heterocycles. The minimum absolute atomic E-state index is 0.0103. The number of nitrogens with zero attached hydrogens (tertiary/aromatic N) is 1. The van der Waals surface area contributed by atoms with E-state index in [1.54, 1.807) is 0 Å². The van der Waals surface area contributed by atoms with Crippen molar-refractivity contribution in [3.63, 3.8) is 0 Å². The minimum atomic E-state index is -0.0103. The monoisotopic (exact) mass is 238 g/mol. The summed E-state index contributed by atoms with van der Waals surface area (Å²) < 4.78 is 0. The van der Waals surface area contributed by atoms with Crippen molar-refractivity contribution in [1.29, 1.82) is 0 Å². The van der Waals surface area contributed by atoms with Crippen LogP contribution in [0.4, 0.5) is 0 Å². The highest BCUT2D eigenvalue weighted by Gasteiger charge is 2.39. The van der Waals surface area contributed by atoms with Gasteiger partial charge in [0.05, 0.1) is 0 Å². The fourth-order valence-corrected chi connectivity index (χ4v) is 3.62. The van der Waals surface area contributed by atoms with E-state index in [0.29, 0.717) is 12.5 Å². The molecule has 1 amide bonds. The lowest BCUT2D eigenvalue weighted by molar-refractivity contribution is -0.139. The third-order valence-electron chi connectivity index (χ3n) is 4.56. The average Bonchev–Trinajstić information content (AvgIpc) is 2.29. The molecule has 0 aromatic carbocycles. The molecule has 1 aliphatic heterocycles. The van der Waals surface area contributed by atoms with Crippen molar-refractivity contribution < 1.29 is 4.79 Å². The summed E-state index contributed by atoms with van der Waals surface area (Å²) in [7, 11) is 0. The van der Waals surface area contributed by atoms with Crippen LogP contribution >= 0.6 is 0 Å². The van der Waals surface area contributed by atoms with Crippen LogP contribution in [0.2, 0.25) is 0 Å². The standard InChI is InChI=1S/C14H26N2O/c1-10-7-8-16(14(17)9-11(2)15)13-6-4-3-5-12(10)13/h10-13H,3-9,15H2,1-2H3. The lowest BCUT2D eigenvalue weighted by Gasteiger charge is -2.47. The molecule has 2 N–H and O–H groups in total. The zero-order valence-corrected chi connectivity index (χ0v) is 11.2. The summed E-state index contributed by atoms with van der Waals surface area (Å²) in [6.07, 6.45) is 6.84. The Morgan fingerprint density at radius 2 is 2.06 bits per heavy atom. The van der Waals surface area contributed by atoms with Crippen LogP contribution < -0.4 is 5.73 Å². The Balaban J connectivity index is 2.04. The molecule has 17 heavy (non-hydrogen) atoms. The molecule has 0 aromatic rings. The van der Waals surface area contributed by atoms with E-state index in [-0.39, 0.29) is 11.9 Å². The molecule has 1 saturated carbocycles. The molecule has 2 fully saturated rings. The second-order valence-corrected chi connectivity index (χ2v) is 6.05. The maximum atomic E-state index is 12.2. The summed E-state index contributed by atoms with van der Waals surface area (Å²) in [5.74, 6) is 1.82. The number of piperidine rings is 1. The summed E-state index contributed by atoms with van der Waals surface area (Å²) in [5.41, 5.74) is 5.75. The van der Waals surface area contributed by atoms with Gasteiger partial charge in [-0.15, -0.1) is 0 Å². The Kier molecular flexibility index (Phi) is 4.08. The fourth-order valence-electron chi connectivity index (χ4n) is 3.62. The Hall–Kier alpha value is -0.570. The van der Waals surface area contributed by atoms with Gasteiger partial charge in [0.2, 0.25) is 5.91 Å². The van der Waals surface area contributed by atoms with E-state index in [1.807, 2.05) is 6.92 Å². The molecule has 0 spiro atoms. The van der Waals surface area contributed by atoms with Gasteiger partial charge in [0.1, 0.15) is 0 Å². The number of likely N-dealkylation sites (tertiary alicyclic amines) is 1. The Bertz CT molecular complexity index is 277. The second-order valence-electron chi connectivity index (χ2n) is 6.05. The smallest absolute Gasteiger partial charge is 0.224 e. The van der Waals surface area contributed by atoms with Crippen molar-refractivity contribution in [1.82, 2.24) is 4.90 Å². The van der Waals surface area contributed by atoms with Gasteiger partial charge in [-0.1, -0.05) is 19.8 Å². The number of rotatable bonds is 2. The van der Waals surface area contributed by atoms with Crippen molar-refractivity contribution >= 4 is 5.91 Å². The minimum Gasteiger partial charge on any atom is -0.339 e. The van der Waals surface area contributed by atoms with Gasteiger partial charge < -0.3 is 10.6 Å². The number of hydrogen-bond acceptors (Lipinski definition) is 2. The number of hydrogen-bond donors (Lipinski definition) is 1. The lowest BCUT2D eigenvalue weighted by Crippen LogP contribution is -2.53. The summed E-state index contributed by atoms with van der Waals surface area (Å²) >= 11 is 0. The molecule has 2 aliphatic rings. The Morgan fingerprint density at radius 1 is 1.35 bits per heavy atom. The molecule has 4 atom stereocenters. The Morgan fingerprint density at radius 3 is 2.76 bits per heavy atom. The van der Waals surface area contributed by atoms with Crippen LogP contribution in [-0.4, -0.2) is 29.4 Å². The Labute approximate surface area is 105 Å². The van der Waals surface area contributed by atoms with Crippen LogP contribution in [0, 0.1) is 11.8 Å².